The van der Waals surface area contributed by atoms with Gasteiger partial charge in [0.25, 0.3) is 11.5 Å². The molecule has 0 unspecified atom stereocenters. The van der Waals surface area contributed by atoms with Gasteiger partial charge in [-0.3, -0.25) is 9.59 Å². The van der Waals surface area contributed by atoms with Gasteiger partial charge in [-0.25, -0.2) is 4.98 Å². The van der Waals surface area contributed by atoms with E-state index in [9.17, 15) is 9.59 Å². The van der Waals surface area contributed by atoms with Crippen molar-refractivity contribution in [3.8, 4) is 10.6 Å². The monoisotopic (exact) mass is 373 g/mol. The predicted octanol–water partition coefficient (Wildman–Crippen LogP) is 3.40. The molecular formula is C18H16ClN3O2S. The summed E-state index contributed by atoms with van der Waals surface area (Å²) in [6, 6.07) is 10.7. The van der Waals surface area contributed by atoms with Gasteiger partial charge in [0.1, 0.15) is 10.6 Å². The van der Waals surface area contributed by atoms with E-state index in [1.165, 1.54) is 22.0 Å². The first-order valence-electron chi connectivity index (χ1n) is 7.62. The second-order valence-electron chi connectivity index (χ2n) is 5.53. The number of aromatic nitrogens is 2. The molecule has 1 aromatic carbocycles. The third-order valence-corrected chi connectivity index (χ3v) is 5.29. The summed E-state index contributed by atoms with van der Waals surface area (Å²) in [6.07, 6.45) is 1.61. The molecule has 3 rings (SSSR count). The van der Waals surface area contributed by atoms with Gasteiger partial charge in [0.2, 0.25) is 0 Å². The molecule has 1 amide bonds. The van der Waals surface area contributed by atoms with Crippen LogP contribution in [-0.4, -0.2) is 15.5 Å². The smallest absolute Gasteiger partial charge is 0.263 e. The standard InChI is InChI=1S/C18H16ClN3O2S/c1-11-15(25-17(21-11)12-6-3-4-8-14(12)19)10-20-16(23)13-7-5-9-22(2)18(13)24/h3-9H,10H2,1-2H3,(H,20,23). The number of halogens is 1. The fourth-order valence-electron chi connectivity index (χ4n) is 2.37. The highest BCUT2D eigenvalue weighted by Crippen LogP contribution is 2.32. The number of carbonyl (C=O) groups is 1. The molecule has 0 fully saturated rings. The molecule has 25 heavy (non-hydrogen) atoms. The van der Waals surface area contributed by atoms with Crippen LogP contribution in [-0.2, 0) is 13.6 Å². The predicted molar refractivity (Wildman–Crippen MR) is 100 cm³/mol. The molecule has 3 aromatic rings. The van der Waals surface area contributed by atoms with Gasteiger partial charge in [0.15, 0.2) is 0 Å². The number of nitrogens with zero attached hydrogens (tertiary/aromatic N) is 2. The number of aryl methyl sites for hydroxylation is 2. The van der Waals surface area contributed by atoms with Crippen molar-refractivity contribution in [2.24, 2.45) is 7.05 Å². The van der Waals surface area contributed by atoms with Gasteiger partial charge >= 0.3 is 0 Å². The maximum absolute atomic E-state index is 12.3. The highest BCUT2D eigenvalue weighted by molar-refractivity contribution is 7.15. The molecule has 1 N–H and O–H groups in total. The van der Waals surface area contributed by atoms with Crippen LogP contribution in [0, 0.1) is 6.92 Å². The lowest BCUT2D eigenvalue weighted by Gasteiger charge is -2.05. The molecule has 5 nitrogen and oxygen atoms in total. The summed E-state index contributed by atoms with van der Waals surface area (Å²) in [4.78, 5) is 29.7. The Morgan fingerprint density at radius 3 is 2.80 bits per heavy atom. The zero-order valence-electron chi connectivity index (χ0n) is 13.7. The second-order valence-corrected chi connectivity index (χ2v) is 7.02. The minimum atomic E-state index is -0.395. The minimum absolute atomic E-state index is 0.124. The van der Waals surface area contributed by atoms with Crippen molar-refractivity contribution in [3.05, 3.63) is 74.1 Å². The van der Waals surface area contributed by atoms with Crippen LogP contribution in [0.4, 0.5) is 0 Å². The Kier molecular flexibility index (Phi) is 5.01. The van der Waals surface area contributed by atoms with Crippen molar-refractivity contribution in [2.75, 3.05) is 0 Å². The Labute approximate surface area is 153 Å². The van der Waals surface area contributed by atoms with E-state index in [-0.39, 0.29) is 11.1 Å². The van der Waals surface area contributed by atoms with Crippen LogP contribution in [0.5, 0.6) is 0 Å². The quantitative estimate of drug-likeness (QED) is 0.762. The fraction of sp³-hybridized carbons (Fsp3) is 0.167. The number of benzene rings is 1. The van der Waals surface area contributed by atoms with Gasteiger partial charge in [-0.15, -0.1) is 11.3 Å². The van der Waals surface area contributed by atoms with E-state index in [1.54, 1.807) is 19.3 Å². The van der Waals surface area contributed by atoms with Crippen molar-refractivity contribution in [3.63, 3.8) is 0 Å². The first-order valence-corrected chi connectivity index (χ1v) is 8.82. The molecule has 0 aliphatic carbocycles. The Hall–Kier alpha value is -2.44. The lowest BCUT2D eigenvalue weighted by Crippen LogP contribution is -2.31. The molecule has 128 valence electrons. The van der Waals surface area contributed by atoms with Crippen molar-refractivity contribution < 1.29 is 4.79 Å². The molecule has 0 atom stereocenters. The number of thiazole rings is 1. The number of amides is 1. The number of hydrogen-bond donors (Lipinski definition) is 1. The number of carbonyl (C=O) groups excluding carboxylic acids is 1. The first-order chi connectivity index (χ1) is 12.0. The molecule has 0 aliphatic heterocycles. The summed E-state index contributed by atoms with van der Waals surface area (Å²) in [5.74, 6) is -0.395. The average molecular weight is 374 g/mol. The van der Waals surface area contributed by atoms with Gasteiger partial charge in [0, 0.05) is 23.7 Å². The van der Waals surface area contributed by atoms with Crippen LogP contribution < -0.4 is 10.9 Å². The number of rotatable bonds is 4. The summed E-state index contributed by atoms with van der Waals surface area (Å²) >= 11 is 7.70. The van der Waals surface area contributed by atoms with E-state index in [0.29, 0.717) is 11.6 Å². The molecule has 7 heteroatoms. The van der Waals surface area contributed by atoms with Crippen molar-refractivity contribution in [1.29, 1.82) is 0 Å². The Morgan fingerprint density at radius 2 is 2.04 bits per heavy atom. The maximum Gasteiger partial charge on any atom is 0.263 e. The van der Waals surface area contributed by atoms with E-state index in [4.69, 9.17) is 11.6 Å². The van der Waals surface area contributed by atoms with Crippen LogP contribution in [0.25, 0.3) is 10.6 Å². The van der Waals surface area contributed by atoms with Gasteiger partial charge in [-0.2, -0.15) is 0 Å². The highest BCUT2D eigenvalue weighted by Gasteiger charge is 2.15. The van der Waals surface area contributed by atoms with E-state index < -0.39 is 5.91 Å². The molecule has 0 aliphatic rings. The molecule has 0 radical (unpaired) electrons. The third-order valence-electron chi connectivity index (χ3n) is 3.77. The lowest BCUT2D eigenvalue weighted by atomic mass is 10.2. The molecular weight excluding hydrogens is 358 g/mol. The van der Waals surface area contributed by atoms with Gasteiger partial charge in [-0.1, -0.05) is 29.8 Å². The Bertz CT molecular complexity index is 994. The maximum atomic E-state index is 12.3. The summed E-state index contributed by atoms with van der Waals surface area (Å²) in [6.45, 7) is 2.20. The van der Waals surface area contributed by atoms with E-state index in [0.717, 1.165) is 21.1 Å². The molecule has 0 bridgehead atoms. The summed E-state index contributed by atoms with van der Waals surface area (Å²) in [5, 5.41) is 4.24. The third kappa shape index (κ3) is 3.65. The first kappa shape index (κ1) is 17.4. The molecule has 2 aromatic heterocycles. The van der Waals surface area contributed by atoms with E-state index >= 15 is 0 Å². The molecule has 0 spiro atoms. The minimum Gasteiger partial charge on any atom is -0.347 e. The van der Waals surface area contributed by atoms with Gasteiger partial charge in [-0.05, 0) is 25.1 Å². The zero-order valence-corrected chi connectivity index (χ0v) is 15.3. The zero-order chi connectivity index (χ0) is 18.0. The SMILES string of the molecule is Cc1nc(-c2ccccc2Cl)sc1CNC(=O)c1cccn(C)c1=O. The highest BCUT2D eigenvalue weighted by atomic mass is 35.5. The van der Waals surface area contributed by atoms with E-state index in [1.807, 2.05) is 31.2 Å². The lowest BCUT2D eigenvalue weighted by molar-refractivity contribution is 0.0949. The summed E-state index contributed by atoms with van der Waals surface area (Å²) in [7, 11) is 1.61. The largest absolute Gasteiger partial charge is 0.347 e. The number of hydrogen-bond acceptors (Lipinski definition) is 4. The number of nitrogens with one attached hydrogen (secondary N) is 1. The summed E-state index contributed by atoms with van der Waals surface area (Å²) < 4.78 is 1.38. The van der Waals surface area contributed by atoms with Crippen LogP contribution in [0.2, 0.25) is 5.02 Å². The fourth-order valence-corrected chi connectivity index (χ4v) is 3.69. The molecule has 0 saturated carbocycles. The van der Waals surface area contributed by atoms with Gasteiger partial charge < -0.3 is 9.88 Å². The van der Waals surface area contributed by atoms with Gasteiger partial charge in [0.05, 0.1) is 17.3 Å². The summed E-state index contributed by atoms with van der Waals surface area (Å²) in [5.41, 5.74) is 1.50. The molecule has 2 heterocycles. The van der Waals surface area contributed by atoms with Crippen LogP contribution in [0.15, 0.2) is 47.4 Å². The Morgan fingerprint density at radius 1 is 1.28 bits per heavy atom. The van der Waals surface area contributed by atoms with Crippen LogP contribution in [0.3, 0.4) is 0 Å². The van der Waals surface area contributed by atoms with Crippen molar-refractivity contribution >= 4 is 28.8 Å². The average Bonchev–Trinajstić information content (AvgIpc) is 2.96. The van der Waals surface area contributed by atoms with Crippen LogP contribution >= 0.6 is 22.9 Å². The van der Waals surface area contributed by atoms with Crippen LogP contribution in [0.1, 0.15) is 20.9 Å². The van der Waals surface area contributed by atoms with Crippen molar-refractivity contribution in [1.82, 2.24) is 14.9 Å². The number of pyridine rings is 1. The van der Waals surface area contributed by atoms with Crippen molar-refractivity contribution in [2.45, 2.75) is 13.5 Å². The molecule has 0 saturated heterocycles. The normalized spacial score (nSPS) is 10.7. The second kappa shape index (κ2) is 7.21. The van der Waals surface area contributed by atoms with E-state index in [2.05, 4.69) is 10.3 Å². The topological polar surface area (TPSA) is 64.0 Å². The Balaban J connectivity index is 1.78.